The highest BCUT2D eigenvalue weighted by molar-refractivity contribution is 5.47. The number of rotatable bonds is 0. The van der Waals surface area contributed by atoms with Gasteiger partial charge in [-0.2, -0.15) is 0 Å². The molecule has 0 unspecified atom stereocenters. The molecular formula is C8H9N3. The average Bonchev–Trinajstić information content (AvgIpc) is 2.35. The summed E-state index contributed by atoms with van der Waals surface area (Å²) in [6.07, 6.45) is 3.58. The van der Waals surface area contributed by atoms with E-state index in [1.54, 1.807) is 6.33 Å². The molecule has 0 N–H and O–H groups in total. The SMILES string of the molecule is Cc1ccn2c(C)ncnc12. The van der Waals surface area contributed by atoms with Gasteiger partial charge in [-0.1, -0.05) is 0 Å². The van der Waals surface area contributed by atoms with Crippen molar-refractivity contribution >= 4 is 5.65 Å². The Kier molecular flexibility index (Phi) is 1.18. The monoisotopic (exact) mass is 147 g/mol. The van der Waals surface area contributed by atoms with Gasteiger partial charge in [-0.15, -0.1) is 0 Å². The lowest BCUT2D eigenvalue weighted by atomic mass is 10.4. The summed E-state index contributed by atoms with van der Waals surface area (Å²) in [6, 6.07) is 2.04. The molecule has 0 spiro atoms. The maximum atomic E-state index is 4.15. The van der Waals surface area contributed by atoms with E-state index in [0.29, 0.717) is 0 Å². The maximum Gasteiger partial charge on any atom is 0.142 e. The van der Waals surface area contributed by atoms with Crippen molar-refractivity contribution in [3.05, 3.63) is 30.0 Å². The van der Waals surface area contributed by atoms with Crippen LogP contribution in [0.2, 0.25) is 0 Å². The smallest absolute Gasteiger partial charge is 0.142 e. The Hall–Kier alpha value is -1.38. The fraction of sp³-hybridized carbons (Fsp3) is 0.250. The minimum Gasteiger partial charge on any atom is -0.289 e. The Morgan fingerprint density at radius 3 is 2.82 bits per heavy atom. The van der Waals surface area contributed by atoms with Crippen molar-refractivity contribution in [2.45, 2.75) is 13.8 Å². The van der Waals surface area contributed by atoms with E-state index in [2.05, 4.69) is 9.97 Å². The maximum absolute atomic E-state index is 4.15. The van der Waals surface area contributed by atoms with Gasteiger partial charge < -0.3 is 0 Å². The third-order valence-electron chi connectivity index (χ3n) is 1.83. The van der Waals surface area contributed by atoms with Crippen LogP contribution >= 0.6 is 0 Å². The molecule has 2 heterocycles. The lowest BCUT2D eigenvalue weighted by Crippen LogP contribution is -1.94. The molecule has 0 radical (unpaired) electrons. The van der Waals surface area contributed by atoms with Crippen LogP contribution in [0.3, 0.4) is 0 Å². The molecule has 0 aromatic carbocycles. The number of hydrogen-bond donors (Lipinski definition) is 0. The molecule has 56 valence electrons. The van der Waals surface area contributed by atoms with Gasteiger partial charge in [0, 0.05) is 6.20 Å². The van der Waals surface area contributed by atoms with E-state index in [9.17, 15) is 0 Å². The van der Waals surface area contributed by atoms with Crippen LogP contribution in [0.15, 0.2) is 18.6 Å². The van der Waals surface area contributed by atoms with E-state index in [1.807, 2.05) is 30.5 Å². The van der Waals surface area contributed by atoms with Crippen molar-refractivity contribution in [1.82, 2.24) is 14.4 Å². The molecule has 2 aromatic rings. The minimum absolute atomic E-state index is 0.975. The van der Waals surface area contributed by atoms with Crippen LogP contribution in [0.5, 0.6) is 0 Å². The lowest BCUT2D eigenvalue weighted by molar-refractivity contribution is 0.944. The summed E-state index contributed by atoms with van der Waals surface area (Å²) in [6.45, 7) is 4.01. The van der Waals surface area contributed by atoms with Crippen LogP contribution < -0.4 is 0 Å². The highest BCUT2D eigenvalue weighted by Crippen LogP contribution is 2.07. The van der Waals surface area contributed by atoms with Gasteiger partial charge in [0.15, 0.2) is 0 Å². The molecule has 2 aromatic heterocycles. The molecule has 2 rings (SSSR count). The highest BCUT2D eigenvalue weighted by atomic mass is 15.1. The van der Waals surface area contributed by atoms with Crippen LogP contribution in [0.1, 0.15) is 11.4 Å². The largest absolute Gasteiger partial charge is 0.289 e. The van der Waals surface area contributed by atoms with Crippen molar-refractivity contribution < 1.29 is 0 Å². The van der Waals surface area contributed by atoms with E-state index in [0.717, 1.165) is 11.5 Å². The topological polar surface area (TPSA) is 30.2 Å². The molecule has 0 aliphatic rings. The predicted octanol–water partition coefficient (Wildman–Crippen LogP) is 1.35. The quantitative estimate of drug-likeness (QED) is 0.563. The first-order valence-corrected chi connectivity index (χ1v) is 3.54. The third-order valence-corrected chi connectivity index (χ3v) is 1.83. The van der Waals surface area contributed by atoms with Crippen molar-refractivity contribution in [2.24, 2.45) is 0 Å². The van der Waals surface area contributed by atoms with Crippen LogP contribution in [0, 0.1) is 13.8 Å². The molecule has 0 amide bonds. The lowest BCUT2D eigenvalue weighted by Gasteiger charge is -1.96. The molecule has 0 saturated heterocycles. The van der Waals surface area contributed by atoms with Gasteiger partial charge in [0.2, 0.25) is 0 Å². The van der Waals surface area contributed by atoms with E-state index in [1.165, 1.54) is 5.56 Å². The molecule has 11 heavy (non-hydrogen) atoms. The molecule has 0 aliphatic carbocycles. The van der Waals surface area contributed by atoms with Gasteiger partial charge in [0.1, 0.15) is 17.8 Å². The molecule has 0 aliphatic heterocycles. The first-order chi connectivity index (χ1) is 5.29. The average molecular weight is 147 g/mol. The summed E-state index contributed by atoms with van der Waals surface area (Å²) in [5, 5.41) is 0. The summed E-state index contributed by atoms with van der Waals surface area (Å²) < 4.78 is 1.98. The van der Waals surface area contributed by atoms with Crippen molar-refractivity contribution in [3.8, 4) is 0 Å². The van der Waals surface area contributed by atoms with Crippen molar-refractivity contribution in [1.29, 1.82) is 0 Å². The van der Waals surface area contributed by atoms with E-state index in [4.69, 9.17) is 0 Å². The second-order valence-electron chi connectivity index (χ2n) is 2.61. The number of hydrogen-bond acceptors (Lipinski definition) is 2. The zero-order valence-corrected chi connectivity index (χ0v) is 6.57. The first kappa shape index (κ1) is 6.34. The summed E-state index contributed by atoms with van der Waals surface area (Å²) in [7, 11) is 0. The van der Waals surface area contributed by atoms with Crippen LogP contribution in [0.4, 0.5) is 0 Å². The summed E-state index contributed by atoms with van der Waals surface area (Å²) in [4.78, 5) is 8.23. The van der Waals surface area contributed by atoms with Gasteiger partial charge in [0.05, 0.1) is 0 Å². The van der Waals surface area contributed by atoms with E-state index >= 15 is 0 Å². The third kappa shape index (κ3) is 0.808. The number of aryl methyl sites for hydroxylation is 2. The first-order valence-electron chi connectivity index (χ1n) is 3.54. The Balaban J connectivity index is 2.94. The van der Waals surface area contributed by atoms with E-state index < -0.39 is 0 Å². The number of nitrogens with zero attached hydrogens (tertiary/aromatic N) is 3. The Labute approximate surface area is 64.7 Å². The molecule has 3 heteroatoms. The molecular weight excluding hydrogens is 138 g/mol. The van der Waals surface area contributed by atoms with Gasteiger partial charge in [-0.3, -0.25) is 4.40 Å². The summed E-state index contributed by atoms with van der Waals surface area (Å²) in [5.41, 5.74) is 2.19. The van der Waals surface area contributed by atoms with Crippen molar-refractivity contribution in [3.63, 3.8) is 0 Å². The van der Waals surface area contributed by atoms with Crippen LogP contribution in [0.25, 0.3) is 5.65 Å². The van der Waals surface area contributed by atoms with E-state index in [-0.39, 0.29) is 0 Å². The van der Waals surface area contributed by atoms with Gasteiger partial charge >= 0.3 is 0 Å². The Morgan fingerprint density at radius 2 is 2.09 bits per heavy atom. The zero-order valence-electron chi connectivity index (χ0n) is 6.57. The second kappa shape index (κ2) is 2.05. The Bertz CT molecular complexity index is 389. The number of fused-ring (bicyclic) bond motifs is 1. The van der Waals surface area contributed by atoms with Gasteiger partial charge in [-0.05, 0) is 25.5 Å². The standard InChI is InChI=1S/C8H9N3/c1-6-3-4-11-7(2)9-5-10-8(6)11/h3-5H,1-2H3. The summed E-state index contributed by atoms with van der Waals surface area (Å²) >= 11 is 0. The highest BCUT2D eigenvalue weighted by Gasteiger charge is 1.99. The summed E-state index contributed by atoms with van der Waals surface area (Å²) in [5.74, 6) is 0.975. The molecule has 0 bridgehead atoms. The van der Waals surface area contributed by atoms with Gasteiger partial charge in [-0.25, -0.2) is 9.97 Å². The van der Waals surface area contributed by atoms with Crippen LogP contribution in [-0.4, -0.2) is 14.4 Å². The fourth-order valence-corrected chi connectivity index (χ4v) is 1.18. The predicted molar refractivity (Wildman–Crippen MR) is 42.5 cm³/mol. The molecule has 0 saturated carbocycles. The normalized spacial score (nSPS) is 10.7. The molecule has 3 nitrogen and oxygen atoms in total. The minimum atomic E-state index is 0.975. The van der Waals surface area contributed by atoms with Crippen LogP contribution in [-0.2, 0) is 0 Å². The molecule has 0 atom stereocenters. The Morgan fingerprint density at radius 1 is 1.27 bits per heavy atom. The molecule has 0 fully saturated rings. The fourth-order valence-electron chi connectivity index (χ4n) is 1.18. The zero-order chi connectivity index (χ0) is 7.84. The van der Waals surface area contributed by atoms with Crippen molar-refractivity contribution in [2.75, 3.05) is 0 Å². The van der Waals surface area contributed by atoms with Gasteiger partial charge in [0.25, 0.3) is 0 Å². The number of aromatic nitrogens is 3. The second-order valence-corrected chi connectivity index (χ2v) is 2.61.